The van der Waals surface area contributed by atoms with Gasteiger partial charge in [0.1, 0.15) is 0 Å². The van der Waals surface area contributed by atoms with E-state index in [4.69, 9.17) is 9.79 Å². The van der Waals surface area contributed by atoms with E-state index >= 15 is 0 Å². The van der Waals surface area contributed by atoms with Crippen molar-refractivity contribution in [1.82, 2.24) is 0 Å². The van der Waals surface area contributed by atoms with Gasteiger partial charge in [-0.1, -0.05) is 0 Å². The van der Waals surface area contributed by atoms with Gasteiger partial charge in [0.2, 0.25) is 0 Å². The van der Waals surface area contributed by atoms with Gasteiger partial charge in [-0.25, -0.2) is 0 Å². The van der Waals surface area contributed by atoms with Crippen LogP contribution in [0.2, 0.25) is 0 Å². The molecule has 0 spiro atoms. The van der Waals surface area contributed by atoms with E-state index in [9.17, 15) is 0 Å². The maximum atomic E-state index is 8.89. The van der Waals surface area contributed by atoms with Crippen LogP contribution in [0.1, 0.15) is 5.56 Å². The predicted octanol–water partition coefficient (Wildman–Crippen LogP) is 0.992. The van der Waals surface area contributed by atoms with Crippen molar-refractivity contribution in [2.75, 3.05) is 0 Å². The van der Waals surface area contributed by atoms with Crippen LogP contribution in [0.5, 0.6) is 5.75 Å². The molecule has 3 nitrogen and oxygen atoms in total. The average Bonchev–Trinajstić information content (AvgIpc) is 1.91. The Morgan fingerprint density at radius 1 is 1.25 bits per heavy atom. The van der Waals surface area contributed by atoms with Crippen LogP contribution in [0.25, 0.3) is 0 Å². The van der Waals surface area contributed by atoms with Crippen molar-refractivity contribution in [3.63, 3.8) is 0 Å². The second-order valence-corrected chi connectivity index (χ2v) is 8.91. The van der Waals surface area contributed by atoms with E-state index in [1.165, 1.54) is 0 Å². The second kappa shape index (κ2) is 3.79. The molecule has 0 unspecified atom stereocenters. The molecule has 0 bridgehead atoms. The van der Waals surface area contributed by atoms with Gasteiger partial charge in [-0.15, -0.1) is 0 Å². The van der Waals surface area contributed by atoms with E-state index in [2.05, 4.69) is 9.19 Å². The first-order valence-electron chi connectivity index (χ1n) is 3.29. The topological polar surface area (TPSA) is 49.7 Å². The van der Waals surface area contributed by atoms with E-state index < -0.39 is 18.1 Å². The second-order valence-electron chi connectivity index (χ2n) is 2.39. The Morgan fingerprint density at radius 2 is 1.75 bits per heavy atom. The van der Waals surface area contributed by atoms with Crippen LogP contribution in [0.3, 0.4) is 0 Å². The zero-order chi connectivity index (χ0) is 9.19. The summed E-state index contributed by atoms with van der Waals surface area (Å²) in [7, 11) is 4.39. The van der Waals surface area contributed by atoms with Gasteiger partial charge >= 0.3 is 79.6 Å². The predicted molar refractivity (Wildman–Crippen MR) is 49.6 cm³/mol. The summed E-state index contributed by atoms with van der Waals surface area (Å²) in [4.78, 5) is 0. The molecule has 1 aromatic carbocycles. The molecule has 5 heteroatoms. The van der Waals surface area contributed by atoms with Gasteiger partial charge in [-0.3, -0.25) is 0 Å². The fourth-order valence-electron chi connectivity index (χ4n) is 0.736. The Bertz CT molecular complexity index is 303. The molecule has 2 N–H and O–H groups in total. The van der Waals surface area contributed by atoms with Crippen molar-refractivity contribution in [2.24, 2.45) is 0 Å². The molecule has 0 heterocycles. The summed E-state index contributed by atoms with van der Waals surface area (Å²) in [6.45, 7) is 1.94. The first kappa shape index (κ1) is 10.1. The molecule has 0 saturated heterocycles. The summed E-state index contributed by atoms with van der Waals surface area (Å²) in [5.41, 5.74) is 1.09. The minimum atomic E-state index is -4.41. The molecule has 0 aliphatic heterocycles. The number of aryl methyl sites for hydroxylation is 1. The van der Waals surface area contributed by atoms with E-state index in [0.717, 1.165) is 5.56 Å². The van der Waals surface area contributed by atoms with Crippen molar-refractivity contribution < 1.29 is 9.79 Å². The Labute approximate surface area is 79.4 Å². The van der Waals surface area contributed by atoms with E-state index in [1.807, 2.05) is 19.1 Å². The van der Waals surface area contributed by atoms with Crippen LogP contribution in [0, 0.1) is 6.92 Å². The fourth-order valence-corrected chi connectivity index (χ4v) is 2.44. The summed E-state index contributed by atoms with van der Waals surface area (Å²) in [6.07, 6.45) is 0. The molecule has 0 saturated carbocycles. The molecule has 0 aromatic heterocycles. The molecule has 66 valence electrons. The molecule has 0 atom stereocenters. The van der Waals surface area contributed by atoms with Crippen LogP contribution in [-0.4, -0.2) is 24.9 Å². The van der Waals surface area contributed by atoms with Gasteiger partial charge in [0, 0.05) is 0 Å². The first-order chi connectivity index (χ1) is 5.47. The van der Waals surface area contributed by atoms with E-state index in [0.29, 0.717) is 5.75 Å². The summed E-state index contributed by atoms with van der Waals surface area (Å²) in [5, 5.41) is 0. The molecule has 0 aliphatic carbocycles. The Morgan fingerprint density at radius 3 is 2.17 bits per heavy atom. The monoisotopic (exact) mass is 294 g/mol. The van der Waals surface area contributed by atoms with E-state index in [-0.39, 0.29) is 0 Å². The van der Waals surface area contributed by atoms with Crippen molar-refractivity contribution in [2.45, 2.75) is 6.92 Å². The van der Waals surface area contributed by atoms with Gasteiger partial charge in [-0.05, 0) is 0 Å². The SMILES string of the molecule is Cc1ccc([O][Sb]([OH])([OH])=[S])cc1. The van der Waals surface area contributed by atoms with Crippen molar-refractivity contribution in [1.29, 1.82) is 0 Å². The molecule has 1 aromatic rings. The number of benzene rings is 1. The summed E-state index contributed by atoms with van der Waals surface area (Å²) >= 11 is -4.41. The van der Waals surface area contributed by atoms with Crippen molar-refractivity contribution in [3.8, 4) is 5.75 Å². The molecule has 1 rings (SSSR count). The van der Waals surface area contributed by atoms with Gasteiger partial charge in [0.05, 0.1) is 0 Å². The first-order valence-corrected chi connectivity index (χ1v) is 10.1. The number of hydrogen-bond donors (Lipinski definition) is 2. The van der Waals surface area contributed by atoms with Crippen LogP contribution < -0.4 is 3.02 Å². The van der Waals surface area contributed by atoms with Gasteiger partial charge < -0.3 is 0 Å². The van der Waals surface area contributed by atoms with Crippen LogP contribution in [0.15, 0.2) is 24.3 Å². The Hall–Kier alpha value is -0.0218. The number of rotatable bonds is 2. The Kier molecular flexibility index (Phi) is 3.18. The molecule has 0 amide bonds. The molecule has 12 heavy (non-hydrogen) atoms. The van der Waals surface area contributed by atoms with Crippen LogP contribution in [-0.2, 0) is 0 Å². The molecular weight excluding hydrogens is 286 g/mol. The zero-order valence-electron chi connectivity index (χ0n) is 6.47. The molecular formula is C7H9O3SSb. The Balaban J connectivity index is 2.78. The standard InChI is InChI=1S/C7H8O.2H2O.S.Sb/c1-6-2-4-7(8)5-3-6;;;;/h2-5,8H,1H3;2*1H2;;/q;;;;+3/p-3. The van der Waals surface area contributed by atoms with Crippen molar-refractivity contribution >= 4 is 27.3 Å². The minimum absolute atomic E-state index is 0.423. The van der Waals surface area contributed by atoms with Crippen LogP contribution >= 0.6 is 9.19 Å². The molecule has 0 radical (unpaired) electrons. The van der Waals surface area contributed by atoms with Gasteiger partial charge in [0.25, 0.3) is 0 Å². The molecule has 0 fully saturated rings. The maximum absolute atomic E-state index is 8.89. The molecule has 0 aliphatic rings. The quantitative estimate of drug-likeness (QED) is 0.799. The summed E-state index contributed by atoms with van der Waals surface area (Å²) < 4.78 is 22.6. The third kappa shape index (κ3) is 3.59. The zero-order valence-corrected chi connectivity index (χ0v) is 9.84. The normalized spacial score (nSPS) is 11.2. The van der Waals surface area contributed by atoms with Gasteiger partial charge in [0.15, 0.2) is 0 Å². The van der Waals surface area contributed by atoms with Crippen molar-refractivity contribution in [3.05, 3.63) is 29.8 Å². The summed E-state index contributed by atoms with van der Waals surface area (Å²) in [6, 6.07) is 6.97. The third-order valence-electron chi connectivity index (χ3n) is 1.25. The average molecular weight is 295 g/mol. The summed E-state index contributed by atoms with van der Waals surface area (Å²) in [5.74, 6) is 0.423. The fraction of sp³-hybridized carbons (Fsp3) is 0.143. The number of hydrogen-bond acceptors (Lipinski definition) is 2. The van der Waals surface area contributed by atoms with Crippen LogP contribution in [0.4, 0.5) is 0 Å². The van der Waals surface area contributed by atoms with Gasteiger partial charge in [-0.2, -0.15) is 0 Å². The van der Waals surface area contributed by atoms with E-state index in [1.54, 1.807) is 12.1 Å². The third-order valence-corrected chi connectivity index (χ3v) is 3.03.